The maximum Gasteiger partial charge on any atom is 0.318 e. The van der Waals surface area contributed by atoms with Crippen LogP contribution in [0.1, 0.15) is 47.2 Å². The number of fused-ring (bicyclic) bond motifs is 5. The first-order valence-corrected chi connectivity index (χ1v) is 12.0. The normalized spacial score (nSPS) is 18.0. The molecular formula is C25H30N4O2S. The van der Waals surface area contributed by atoms with E-state index in [2.05, 4.69) is 52.3 Å². The Bertz CT molecular complexity index is 1130. The van der Waals surface area contributed by atoms with E-state index in [1.807, 2.05) is 42.2 Å². The average molecular weight is 451 g/mol. The summed E-state index contributed by atoms with van der Waals surface area (Å²) in [5.41, 5.74) is 4.92. The highest BCUT2D eigenvalue weighted by Crippen LogP contribution is 2.43. The van der Waals surface area contributed by atoms with Crippen LogP contribution in [0.4, 0.5) is 4.79 Å². The van der Waals surface area contributed by atoms with Gasteiger partial charge < -0.3 is 24.4 Å². The fraction of sp³-hybridized carbons (Fsp3) is 0.400. The first-order valence-electron chi connectivity index (χ1n) is 11.2. The van der Waals surface area contributed by atoms with E-state index >= 15 is 0 Å². The van der Waals surface area contributed by atoms with Crippen molar-refractivity contribution in [1.82, 2.24) is 19.7 Å². The van der Waals surface area contributed by atoms with E-state index in [4.69, 9.17) is 4.74 Å². The van der Waals surface area contributed by atoms with Gasteiger partial charge in [0.1, 0.15) is 10.8 Å². The summed E-state index contributed by atoms with van der Waals surface area (Å²) in [5, 5.41) is 4.40. The van der Waals surface area contributed by atoms with Crippen LogP contribution in [0.3, 0.4) is 0 Å². The van der Waals surface area contributed by atoms with E-state index in [0.29, 0.717) is 6.54 Å². The van der Waals surface area contributed by atoms with Crippen LogP contribution in [-0.2, 0) is 19.5 Å². The van der Waals surface area contributed by atoms with Gasteiger partial charge in [-0.1, -0.05) is 12.1 Å². The Morgan fingerprint density at radius 2 is 1.94 bits per heavy atom. The van der Waals surface area contributed by atoms with Crippen LogP contribution < -0.4 is 10.1 Å². The van der Waals surface area contributed by atoms with Crippen molar-refractivity contribution in [2.45, 2.75) is 45.4 Å². The number of nitrogens with one attached hydrogen (secondary N) is 1. The van der Waals surface area contributed by atoms with Crippen LogP contribution in [0.25, 0.3) is 5.00 Å². The van der Waals surface area contributed by atoms with Gasteiger partial charge in [0.25, 0.3) is 0 Å². The number of thiophene rings is 1. The molecule has 2 amide bonds. The third-order valence-corrected chi connectivity index (χ3v) is 7.62. The number of carbonyl (C=O) groups excluding carboxylic acids is 1. The summed E-state index contributed by atoms with van der Waals surface area (Å²) in [4.78, 5) is 19.3. The molecule has 2 aliphatic rings. The second kappa shape index (κ2) is 8.30. The van der Waals surface area contributed by atoms with E-state index < -0.39 is 0 Å². The van der Waals surface area contributed by atoms with E-state index in [9.17, 15) is 4.79 Å². The molecule has 5 rings (SSSR count). The van der Waals surface area contributed by atoms with Crippen LogP contribution in [0.2, 0.25) is 0 Å². The molecular weight excluding hydrogens is 420 g/mol. The molecule has 3 aromatic rings. The van der Waals surface area contributed by atoms with Crippen LogP contribution in [-0.4, -0.2) is 47.1 Å². The van der Waals surface area contributed by atoms with Crippen molar-refractivity contribution in [1.29, 1.82) is 0 Å². The summed E-state index contributed by atoms with van der Waals surface area (Å²) in [7, 11) is 3.85. The number of carbonyl (C=O) groups is 1. The molecule has 0 saturated heterocycles. The lowest BCUT2D eigenvalue weighted by atomic mass is 10.00. The Kier molecular flexibility index (Phi) is 5.47. The number of aromatic nitrogens is 1. The molecule has 1 aromatic carbocycles. The average Bonchev–Trinajstić information content (AvgIpc) is 3.35. The second-order valence-electron chi connectivity index (χ2n) is 8.99. The zero-order valence-electron chi connectivity index (χ0n) is 19.1. The SMILES string of the molecule is COc1ccc([C@@H]2c3cccn3-c3sc4c(c3CN2C(=O)NC(C)C)CCN(C)C4)cc1. The molecule has 2 aromatic heterocycles. The number of urea groups is 1. The Labute approximate surface area is 193 Å². The van der Waals surface area contributed by atoms with E-state index in [1.54, 1.807) is 7.11 Å². The van der Waals surface area contributed by atoms with Crippen LogP contribution in [0.5, 0.6) is 5.75 Å². The fourth-order valence-corrected chi connectivity index (χ4v) is 6.26. The molecule has 2 aliphatic heterocycles. The summed E-state index contributed by atoms with van der Waals surface area (Å²) >= 11 is 1.88. The minimum atomic E-state index is -0.184. The highest BCUT2D eigenvalue weighted by molar-refractivity contribution is 7.15. The zero-order chi connectivity index (χ0) is 22.4. The van der Waals surface area contributed by atoms with Crippen molar-refractivity contribution in [2.75, 3.05) is 20.7 Å². The Morgan fingerprint density at radius 1 is 1.16 bits per heavy atom. The van der Waals surface area contributed by atoms with Gasteiger partial charge in [0.2, 0.25) is 0 Å². The maximum atomic E-state index is 13.5. The number of nitrogens with zero attached hydrogens (tertiary/aromatic N) is 3. The van der Waals surface area contributed by atoms with Gasteiger partial charge in [-0.15, -0.1) is 11.3 Å². The molecule has 1 atom stereocenters. The van der Waals surface area contributed by atoms with Gasteiger partial charge in [-0.2, -0.15) is 0 Å². The van der Waals surface area contributed by atoms with Gasteiger partial charge in [-0.05, 0) is 62.7 Å². The number of amides is 2. The molecule has 6 nitrogen and oxygen atoms in total. The molecule has 0 saturated carbocycles. The number of ether oxygens (including phenoxy) is 1. The first-order chi connectivity index (χ1) is 15.5. The molecule has 0 aliphatic carbocycles. The third-order valence-electron chi connectivity index (χ3n) is 6.36. The van der Waals surface area contributed by atoms with Crippen LogP contribution in [0.15, 0.2) is 42.6 Å². The molecule has 7 heteroatoms. The minimum absolute atomic E-state index is 0.0331. The fourth-order valence-electron chi connectivity index (χ4n) is 4.82. The number of benzene rings is 1. The summed E-state index contributed by atoms with van der Waals surface area (Å²) < 4.78 is 7.67. The minimum Gasteiger partial charge on any atom is -0.497 e. The van der Waals surface area contributed by atoms with E-state index in [-0.39, 0.29) is 18.1 Å². The van der Waals surface area contributed by atoms with Crippen LogP contribution >= 0.6 is 11.3 Å². The van der Waals surface area contributed by atoms with Gasteiger partial charge in [-0.25, -0.2) is 4.79 Å². The van der Waals surface area contributed by atoms with Gasteiger partial charge in [0.05, 0.1) is 25.4 Å². The van der Waals surface area contributed by atoms with Gasteiger partial charge in [-0.3, -0.25) is 0 Å². The molecule has 0 spiro atoms. The number of methoxy groups -OCH3 is 1. The molecule has 0 radical (unpaired) electrons. The third kappa shape index (κ3) is 3.59. The lowest BCUT2D eigenvalue weighted by Crippen LogP contribution is -2.44. The van der Waals surface area contributed by atoms with Crippen molar-refractivity contribution < 1.29 is 9.53 Å². The standard InChI is InChI=1S/C25H30N4O2S/c1-16(2)26-25(30)29-14-20-19-11-13-27(3)15-22(19)32-24(20)28-12-5-6-21(28)23(29)17-7-9-18(31-4)10-8-17/h5-10,12,16,23H,11,13-15H2,1-4H3,(H,26,30)/t23-/m1/s1. The van der Waals surface area contributed by atoms with Gasteiger partial charge in [0, 0.05) is 35.8 Å². The lowest BCUT2D eigenvalue weighted by molar-refractivity contribution is 0.178. The summed E-state index contributed by atoms with van der Waals surface area (Å²) in [6.07, 6.45) is 3.17. The molecule has 0 unspecified atom stereocenters. The monoisotopic (exact) mass is 450 g/mol. The quantitative estimate of drug-likeness (QED) is 0.637. The predicted molar refractivity (Wildman–Crippen MR) is 128 cm³/mol. The predicted octanol–water partition coefficient (Wildman–Crippen LogP) is 4.56. The molecule has 168 valence electrons. The molecule has 32 heavy (non-hydrogen) atoms. The van der Waals surface area contributed by atoms with E-state index in [1.165, 1.54) is 21.0 Å². The summed E-state index contributed by atoms with van der Waals surface area (Å²) in [5.74, 6) is 0.813. The van der Waals surface area contributed by atoms with Gasteiger partial charge >= 0.3 is 6.03 Å². The molecule has 1 N–H and O–H groups in total. The van der Waals surface area contributed by atoms with Crippen molar-refractivity contribution >= 4 is 17.4 Å². The Hall–Kier alpha value is -2.77. The van der Waals surface area contributed by atoms with Crippen molar-refractivity contribution in [3.63, 3.8) is 0 Å². The van der Waals surface area contributed by atoms with Gasteiger partial charge in [0.15, 0.2) is 0 Å². The lowest BCUT2D eigenvalue weighted by Gasteiger charge is -2.32. The van der Waals surface area contributed by atoms with Crippen LogP contribution in [0, 0.1) is 0 Å². The van der Waals surface area contributed by atoms with Crippen molar-refractivity contribution in [2.24, 2.45) is 0 Å². The Morgan fingerprint density at radius 3 is 2.66 bits per heavy atom. The second-order valence-corrected chi connectivity index (χ2v) is 10.1. The van der Waals surface area contributed by atoms with Crippen molar-refractivity contribution in [3.8, 4) is 10.8 Å². The van der Waals surface area contributed by atoms with Crippen molar-refractivity contribution in [3.05, 3.63) is 69.9 Å². The number of likely N-dealkylation sites (N-methyl/N-ethyl adjacent to an activating group) is 1. The maximum absolute atomic E-state index is 13.5. The number of hydrogen-bond acceptors (Lipinski definition) is 4. The largest absolute Gasteiger partial charge is 0.497 e. The van der Waals surface area contributed by atoms with E-state index in [0.717, 1.165) is 36.5 Å². The summed E-state index contributed by atoms with van der Waals surface area (Å²) in [6, 6.07) is 12.2. The summed E-state index contributed by atoms with van der Waals surface area (Å²) in [6.45, 7) is 6.64. The zero-order valence-corrected chi connectivity index (χ0v) is 19.9. The topological polar surface area (TPSA) is 49.7 Å². The Balaban J connectivity index is 1.67. The highest BCUT2D eigenvalue weighted by Gasteiger charge is 2.36. The smallest absolute Gasteiger partial charge is 0.318 e. The number of rotatable bonds is 3. The first kappa shape index (κ1) is 21.1. The highest BCUT2D eigenvalue weighted by atomic mass is 32.1. The molecule has 0 bridgehead atoms. The number of hydrogen-bond donors (Lipinski definition) is 1. The molecule has 4 heterocycles. The molecule has 0 fully saturated rings.